The number of carbonyl (C=O) groups excluding carboxylic acids is 2. The zero-order chi connectivity index (χ0) is 21.8. The van der Waals surface area contributed by atoms with Crippen LogP contribution in [0, 0.1) is 5.92 Å². The van der Waals surface area contributed by atoms with E-state index in [1.54, 1.807) is 12.1 Å². The molecule has 1 aromatic heterocycles. The molecule has 3 heterocycles. The minimum Gasteiger partial charge on any atom is -0.482 e. The van der Waals surface area contributed by atoms with Crippen LogP contribution in [-0.4, -0.2) is 53.2 Å². The number of anilines is 3. The van der Waals surface area contributed by atoms with Gasteiger partial charge in [0.1, 0.15) is 5.75 Å². The molecule has 0 bridgehead atoms. The minimum atomic E-state index is -0.469. The van der Waals surface area contributed by atoms with E-state index in [-0.39, 0.29) is 36.4 Å². The van der Waals surface area contributed by atoms with E-state index in [1.165, 1.54) is 18.6 Å². The number of hydrogen-bond donors (Lipinski definition) is 4. The molecule has 0 saturated carbocycles. The van der Waals surface area contributed by atoms with Gasteiger partial charge in [-0.05, 0) is 30.9 Å². The van der Waals surface area contributed by atoms with Crippen LogP contribution < -0.4 is 26.0 Å². The second kappa shape index (κ2) is 9.00. The second-order valence-corrected chi connectivity index (χ2v) is 7.42. The number of nitrogens with two attached hydrogens (primary N) is 1. The van der Waals surface area contributed by atoms with Crippen molar-refractivity contribution in [3.05, 3.63) is 42.6 Å². The molecule has 2 aliphatic rings. The average molecular weight is 424 g/mol. The largest absolute Gasteiger partial charge is 0.482 e. The van der Waals surface area contributed by atoms with Crippen molar-refractivity contribution in [2.75, 3.05) is 41.8 Å². The van der Waals surface area contributed by atoms with Gasteiger partial charge in [0.25, 0.3) is 11.8 Å². The molecule has 0 radical (unpaired) electrons. The number of amides is 2. The predicted molar refractivity (Wildman–Crippen MR) is 115 cm³/mol. The Morgan fingerprint density at radius 1 is 1.32 bits per heavy atom. The Morgan fingerprint density at radius 3 is 2.74 bits per heavy atom. The van der Waals surface area contributed by atoms with Gasteiger partial charge in [0.05, 0.1) is 22.6 Å². The molecule has 0 spiro atoms. The molecule has 31 heavy (non-hydrogen) atoms. The summed E-state index contributed by atoms with van der Waals surface area (Å²) in [7, 11) is 0. The molecule has 10 nitrogen and oxygen atoms in total. The maximum atomic E-state index is 13.0. The minimum absolute atomic E-state index is 0.0594. The van der Waals surface area contributed by atoms with Crippen molar-refractivity contribution in [3.8, 4) is 5.75 Å². The van der Waals surface area contributed by atoms with Crippen LogP contribution >= 0.6 is 0 Å². The Kier molecular flexibility index (Phi) is 5.99. The number of nitrogens with zero attached hydrogens (tertiary/aromatic N) is 3. The van der Waals surface area contributed by atoms with Crippen LogP contribution in [0.1, 0.15) is 18.7 Å². The zero-order valence-electron chi connectivity index (χ0n) is 16.9. The third kappa shape index (κ3) is 4.43. The van der Waals surface area contributed by atoms with Crippen LogP contribution in [0.3, 0.4) is 0 Å². The smallest absolute Gasteiger partial charge is 0.262 e. The summed E-state index contributed by atoms with van der Waals surface area (Å²) in [5.41, 5.74) is 7.57. The lowest BCUT2D eigenvalue weighted by atomic mass is 9.97. The van der Waals surface area contributed by atoms with E-state index in [2.05, 4.69) is 25.5 Å². The molecule has 0 unspecified atom stereocenters. The molecule has 4 rings (SSSR count). The summed E-state index contributed by atoms with van der Waals surface area (Å²) in [6.45, 7) is 1.55. The van der Waals surface area contributed by atoms with Crippen molar-refractivity contribution in [2.45, 2.75) is 12.8 Å². The summed E-state index contributed by atoms with van der Waals surface area (Å²) in [6, 6.07) is 5.14. The van der Waals surface area contributed by atoms with Gasteiger partial charge in [0, 0.05) is 44.4 Å². The van der Waals surface area contributed by atoms with E-state index in [9.17, 15) is 14.7 Å². The summed E-state index contributed by atoms with van der Waals surface area (Å²) in [5.74, 6) is 0.287. The van der Waals surface area contributed by atoms with Crippen LogP contribution in [0.2, 0.25) is 0 Å². The third-order valence-corrected chi connectivity index (χ3v) is 5.41. The first-order chi connectivity index (χ1) is 15.1. The van der Waals surface area contributed by atoms with Crippen molar-refractivity contribution in [2.24, 2.45) is 11.7 Å². The quantitative estimate of drug-likeness (QED) is 0.520. The number of nitrogens with one attached hydrogen (secondary N) is 2. The van der Waals surface area contributed by atoms with E-state index in [0.717, 1.165) is 31.6 Å². The number of carbonyl (C=O) groups is 2. The molecule has 1 aromatic carbocycles. The lowest BCUT2D eigenvalue weighted by Crippen LogP contribution is -2.35. The standard InChI is InChI=1S/C21H24N6O4/c22-10-14(20-23-4-1-5-24-20)21(30)26-15-8-16-18(31-12-19(29)25-16)9-17(15)27-6-2-13(11-28)3-7-27/h1,4-5,8-10,13,28H,2-3,6-7,11-12,22H2,(H,25,29)(H,26,30). The molecule has 2 amide bonds. The number of hydrogen-bond acceptors (Lipinski definition) is 8. The fraction of sp³-hybridized carbons (Fsp3) is 0.333. The normalized spacial score (nSPS) is 16.9. The summed E-state index contributed by atoms with van der Waals surface area (Å²) in [6.07, 6.45) is 5.90. The average Bonchev–Trinajstić information content (AvgIpc) is 2.80. The lowest BCUT2D eigenvalue weighted by molar-refractivity contribution is -0.118. The molecule has 2 aliphatic heterocycles. The molecule has 5 N–H and O–H groups in total. The topological polar surface area (TPSA) is 143 Å². The molecular weight excluding hydrogens is 400 g/mol. The molecule has 0 aliphatic carbocycles. The lowest BCUT2D eigenvalue weighted by Gasteiger charge is -2.35. The van der Waals surface area contributed by atoms with E-state index in [4.69, 9.17) is 10.5 Å². The zero-order valence-corrected chi connectivity index (χ0v) is 16.9. The van der Waals surface area contributed by atoms with E-state index in [0.29, 0.717) is 17.1 Å². The Morgan fingerprint density at radius 2 is 2.06 bits per heavy atom. The summed E-state index contributed by atoms with van der Waals surface area (Å²) >= 11 is 0. The number of piperidine rings is 1. The van der Waals surface area contributed by atoms with Crippen molar-refractivity contribution >= 4 is 34.4 Å². The third-order valence-electron chi connectivity index (χ3n) is 5.41. The summed E-state index contributed by atoms with van der Waals surface area (Å²) in [5, 5.41) is 15.1. The van der Waals surface area contributed by atoms with E-state index >= 15 is 0 Å². The van der Waals surface area contributed by atoms with Gasteiger partial charge in [-0.25, -0.2) is 9.97 Å². The fourth-order valence-corrected chi connectivity index (χ4v) is 3.71. The van der Waals surface area contributed by atoms with Gasteiger partial charge < -0.3 is 31.1 Å². The van der Waals surface area contributed by atoms with E-state index < -0.39 is 5.91 Å². The summed E-state index contributed by atoms with van der Waals surface area (Å²) < 4.78 is 5.56. The van der Waals surface area contributed by atoms with Gasteiger partial charge in [0.2, 0.25) is 0 Å². The second-order valence-electron chi connectivity index (χ2n) is 7.42. The van der Waals surface area contributed by atoms with Crippen LogP contribution in [0.15, 0.2) is 36.8 Å². The molecule has 162 valence electrons. The number of rotatable bonds is 5. The van der Waals surface area contributed by atoms with E-state index in [1.807, 2.05) is 6.07 Å². The number of benzene rings is 1. The Hall–Kier alpha value is -3.66. The first kappa shape index (κ1) is 20.6. The number of aliphatic hydroxyl groups is 1. The molecular formula is C21H24N6O4. The highest BCUT2D eigenvalue weighted by Gasteiger charge is 2.26. The van der Waals surface area contributed by atoms with Crippen molar-refractivity contribution in [1.82, 2.24) is 9.97 Å². The Balaban J connectivity index is 1.65. The van der Waals surface area contributed by atoms with Crippen molar-refractivity contribution in [1.29, 1.82) is 0 Å². The number of aliphatic hydroxyl groups excluding tert-OH is 1. The van der Waals surface area contributed by atoms with Gasteiger partial charge in [-0.2, -0.15) is 0 Å². The Bertz CT molecular complexity index is 1000. The highest BCUT2D eigenvalue weighted by Crippen LogP contribution is 2.40. The fourth-order valence-electron chi connectivity index (χ4n) is 3.71. The first-order valence-electron chi connectivity index (χ1n) is 10.1. The van der Waals surface area contributed by atoms with Gasteiger partial charge in [0.15, 0.2) is 12.4 Å². The highest BCUT2D eigenvalue weighted by atomic mass is 16.5. The molecule has 1 fully saturated rings. The summed E-state index contributed by atoms with van der Waals surface area (Å²) in [4.78, 5) is 35.1. The molecule has 2 aromatic rings. The van der Waals surface area contributed by atoms with Gasteiger partial charge in [-0.1, -0.05) is 0 Å². The maximum Gasteiger partial charge on any atom is 0.262 e. The molecule has 1 saturated heterocycles. The first-order valence-corrected chi connectivity index (χ1v) is 10.1. The molecule has 0 atom stereocenters. The van der Waals surface area contributed by atoms with Crippen LogP contribution in [0.25, 0.3) is 5.57 Å². The Labute approximate surface area is 179 Å². The van der Waals surface area contributed by atoms with Gasteiger partial charge in [-0.15, -0.1) is 0 Å². The van der Waals surface area contributed by atoms with Gasteiger partial charge >= 0.3 is 0 Å². The molecule has 10 heteroatoms. The number of aromatic nitrogens is 2. The van der Waals surface area contributed by atoms with Crippen LogP contribution in [-0.2, 0) is 9.59 Å². The van der Waals surface area contributed by atoms with Crippen molar-refractivity contribution < 1.29 is 19.4 Å². The SMILES string of the molecule is NC=C(C(=O)Nc1cc2c(cc1N1CCC(CO)CC1)OCC(=O)N2)c1ncccn1. The van der Waals surface area contributed by atoms with Crippen LogP contribution in [0.4, 0.5) is 17.1 Å². The number of fused-ring (bicyclic) bond motifs is 1. The number of ether oxygens (including phenoxy) is 1. The van der Waals surface area contributed by atoms with Gasteiger partial charge in [-0.3, -0.25) is 9.59 Å². The monoisotopic (exact) mass is 424 g/mol. The van der Waals surface area contributed by atoms with Crippen molar-refractivity contribution in [3.63, 3.8) is 0 Å². The maximum absolute atomic E-state index is 13.0. The predicted octanol–water partition coefficient (Wildman–Crippen LogP) is 0.954. The van der Waals surface area contributed by atoms with Crippen LogP contribution in [0.5, 0.6) is 5.75 Å². The highest BCUT2D eigenvalue weighted by molar-refractivity contribution is 6.25.